The molecular formula is C20H21FN4OS. The van der Waals surface area contributed by atoms with E-state index in [-0.39, 0.29) is 11.7 Å². The van der Waals surface area contributed by atoms with Gasteiger partial charge in [-0.25, -0.2) is 4.39 Å². The van der Waals surface area contributed by atoms with Gasteiger partial charge in [0.05, 0.1) is 17.8 Å². The maximum absolute atomic E-state index is 14.0. The zero-order valence-electron chi connectivity index (χ0n) is 14.9. The number of hydrogen-bond donors (Lipinski definition) is 4. The van der Waals surface area contributed by atoms with Crippen LogP contribution in [0, 0.1) is 5.41 Å². The fraction of sp³-hybridized carbons (Fsp3) is 0.150. The van der Waals surface area contributed by atoms with Crippen LogP contribution in [-0.4, -0.2) is 12.9 Å². The van der Waals surface area contributed by atoms with E-state index in [0.717, 1.165) is 22.6 Å². The summed E-state index contributed by atoms with van der Waals surface area (Å²) in [7, 11) is 1.60. The molecule has 6 N–H and O–H groups in total. The molecule has 3 rings (SSSR count). The quantitative estimate of drug-likeness (QED) is 0.249. The van der Waals surface area contributed by atoms with Gasteiger partial charge in [-0.15, -0.1) is 0 Å². The van der Waals surface area contributed by atoms with E-state index < -0.39 is 0 Å². The lowest BCUT2D eigenvalue weighted by Crippen LogP contribution is -2.13. The van der Waals surface area contributed by atoms with Gasteiger partial charge < -0.3 is 20.9 Å². The van der Waals surface area contributed by atoms with Crippen LogP contribution in [-0.2, 0) is 4.74 Å². The largest absolute Gasteiger partial charge is 0.501 e. The van der Waals surface area contributed by atoms with Crippen LogP contribution >= 0.6 is 11.9 Å². The van der Waals surface area contributed by atoms with Crippen molar-refractivity contribution >= 4 is 29.2 Å². The van der Waals surface area contributed by atoms with Crippen LogP contribution in [0.1, 0.15) is 18.4 Å². The van der Waals surface area contributed by atoms with Crippen LogP contribution in [0.3, 0.4) is 0 Å². The van der Waals surface area contributed by atoms with Crippen molar-refractivity contribution in [1.82, 2.24) is 0 Å². The molecule has 5 nitrogen and oxygen atoms in total. The summed E-state index contributed by atoms with van der Waals surface area (Å²) < 4.78 is 22.3. The number of rotatable bonds is 6. The Labute approximate surface area is 161 Å². The van der Waals surface area contributed by atoms with Crippen molar-refractivity contribution in [3.63, 3.8) is 0 Å². The number of allylic oxidation sites excluding steroid dienone is 3. The third kappa shape index (κ3) is 4.43. The number of halogens is 1. The Balaban J connectivity index is 1.70. The first kappa shape index (κ1) is 18.8. The smallest absolute Gasteiger partial charge is 0.124 e. The molecule has 0 amide bonds. The highest BCUT2D eigenvalue weighted by molar-refractivity contribution is 8.04. The van der Waals surface area contributed by atoms with Crippen molar-refractivity contribution in [3.05, 3.63) is 70.6 Å². The zero-order valence-corrected chi connectivity index (χ0v) is 15.7. The summed E-state index contributed by atoms with van der Waals surface area (Å²) in [6, 6.07) is 13.2. The van der Waals surface area contributed by atoms with E-state index >= 15 is 0 Å². The number of benzene rings is 2. The number of nitrogens with two attached hydrogens (primary N) is 2. The molecule has 7 heteroatoms. The molecular weight excluding hydrogens is 363 g/mol. The third-order valence-electron chi connectivity index (χ3n) is 4.25. The van der Waals surface area contributed by atoms with Crippen LogP contribution in [0.5, 0.6) is 0 Å². The minimum absolute atomic E-state index is 0.0504. The second-order valence-electron chi connectivity index (χ2n) is 6.08. The number of ether oxygens (including phenoxy) is 1. The fourth-order valence-electron chi connectivity index (χ4n) is 2.73. The van der Waals surface area contributed by atoms with E-state index in [9.17, 15) is 4.39 Å². The van der Waals surface area contributed by atoms with Gasteiger partial charge in [0.25, 0.3) is 0 Å². The van der Waals surface area contributed by atoms with Gasteiger partial charge >= 0.3 is 0 Å². The highest BCUT2D eigenvalue weighted by atomic mass is 32.2. The molecule has 2 aromatic rings. The number of anilines is 2. The lowest BCUT2D eigenvalue weighted by Gasteiger charge is -2.15. The number of methoxy groups -OCH3 is 1. The first-order chi connectivity index (χ1) is 13.0. The van der Waals surface area contributed by atoms with Gasteiger partial charge in [0.2, 0.25) is 0 Å². The molecule has 0 aromatic heterocycles. The van der Waals surface area contributed by atoms with Gasteiger partial charge in [-0.2, -0.15) is 0 Å². The molecule has 0 bridgehead atoms. The van der Waals surface area contributed by atoms with E-state index in [0.29, 0.717) is 29.0 Å². The molecule has 0 heterocycles. The predicted molar refractivity (Wildman–Crippen MR) is 111 cm³/mol. The zero-order chi connectivity index (χ0) is 19.4. The summed E-state index contributed by atoms with van der Waals surface area (Å²) in [5.74, 6) is 0.596. The first-order valence-corrected chi connectivity index (χ1v) is 9.20. The highest BCUT2D eigenvalue weighted by Crippen LogP contribution is 2.33. The van der Waals surface area contributed by atoms with Crippen molar-refractivity contribution < 1.29 is 9.13 Å². The van der Waals surface area contributed by atoms with Gasteiger partial charge in [-0.3, -0.25) is 5.41 Å². The van der Waals surface area contributed by atoms with Crippen molar-refractivity contribution in [2.45, 2.75) is 12.8 Å². The molecule has 0 fully saturated rings. The SMILES string of the molecule is COC1=CC(SNc2ccc(-c3ccc(C(=N)N)c(N)c3)cc2)=C(F)CC1. The van der Waals surface area contributed by atoms with Crippen molar-refractivity contribution in [2.75, 3.05) is 17.6 Å². The topological polar surface area (TPSA) is 97.1 Å². The second kappa shape index (κ2) is 8.18. The molecule has 0 spiro atoms. The van der Waals surface area contributed by atoms with Gasteiger partial charge in [-0.05, 0) is 53.4 Å². The molecule has 1 aliphatic carbocycles. The van der Waals surface area contributed by atoms with Crippen LogP contribution in [0.4, 0.5) is 15.8 Å². The number of nitrogen functional groups attached to an aromatic ring is 2. The van der Waals surface area contributed by atoms with E-state index in [1.54, 1.807) is 25.3 Å². The van der Waals surface area contributed by atoms with Gasteiger partial charge in [0, 0.05) is 29.8 Å². The lowest BCUT2D eigenvalue weighted by atomic mass is 10.0. The monoisotopic (exact) mass is 384 g/mol. The summed E-state index contributed by atoms with van der Waals surface area (Å²) in [5.41, 5.74) is 15.2. The molecule has 0 radical (unpaired) electrons. The fourth-order valence-corrected chi connectivity index (χ4v) is 3.50. The molecule has 0 unspecified atom stereocenters. The van der Waals surface area contributed by atoms with E-state index in [4.69, 9.17) is 21.6 Å². The molecule has 1 aliphatic rings. The molecule has 27 heavy (non-hydrogen) atoms. The lowest BCUT2D eigenvalue weighted by molar-refractivity contribution is 0.272. The van der Waals surface area contributed by atoms with Crippen molar-refractivity contribution in [2.24, 2.45) is 5.73 Å². The predicted octanol–water partition coefficient (Wildman–Crippen LogP) is 4.79. The Morgan fingerprint density at radius 2 is 1.85 bits per heavy atom. The Bertz CT molecular complexity index is 922. The maximum atomic E-state index is 14.0. The summed E-state index contributed by atoms with van der Waals surface area (Å²) in [4.78, 5) is 0.537. The normalized spacial score (nSPS) is 13.9. The molecule has 0 aliphatic heterocycles. The maximum Gasteiger partial charge on any atom is 0.124 e. The minimum atomic E-state index is -0.133. The van der Waals surface area contributed by atoms with Crippen LogP contribution in [0.2, 0.25) is 0 Å². The van der Waals surface area contributed by atoms with Crippen molar-refractivity contribution in [3.8, 4) is 11.1 Å². The number of amidine groups is 1. The van der Waals surface area contributed by atoms with E-state index in [2.05, 4.69) is 4.72 Å². The number of nitrogens with one attached hydrogen (secondary N) is 2. The molecule has 0 saturated heterocycles. The second-order valence-corrected chi connectivity index (χ2v) is 6.93. The molecule has 0 atom stereocenters. The molecule has 0 saturated carbocycles. The third-order valence-corrected chi connectivity index (χ3v) is 5.15. The van der Waals surface area contributed by atoms with E-state index in [1.165, 1.54) is 11.9 Å². The minimum Gasteiger partial charge on any atom is -0.501 e. The van der Waals surface area contributed by atoms with Crippen LogP contribution in [0.15, 0.2) is 65.0 Å². The van der Waals surface area contributed by atoms with E-state index in [1.807, 2.05) is 30.3 Å². The first-order valence-electron chi connectivity index (χ1n) is 8.38. The van der Waals surface area contributed by atoms with Gasteiger partial charge in [0.1, 0.15) is 11.7 Å². The Kier molecular flexibility index (Phi) is 5.71. The average molecular weight is 384 g/mol. The summed E-state index contributed by atoms with van der Waals surface area (Å²) in [5, 5.41) is 7.49. The van der Waals surface area contributed by atoms with Gasteiger partial charge in [-0.1, -0.05) is 18.2 Å². The van der Waals surface area contributed by atoms with Gasteiger partial charge in [0.15, 0.2) is 0 Å². The Morgan fingerprint density at radius 1 is 1.15 bits per heavy atom. The van der Waals surface area contributed by atoms with Crippen molar-refractivity contribution in [1.29, 1.82) is 5.41 Å². The summed E-state index contributed by atoms with van der Waals surface area (Å²) in [6.07, 6.45) is 2.68. The Morgan fingerprint density at radius 3 is 2.48 bits per heavy atom. The standard InChI is InChI=1S/C20H21FN4OS/c1-26-15-7-9-17(21)19(11-15)27-25-14-5-2-12(3-6-14)13-4-8-16(20(23)24)18(22)10-13/h2-6,8,10-11,25H,7,9,22H2,1H3,(H3,23,24). The number of hydrogen-bond acceptors (Lipinski definition) is 5. The molecule has 2 aromatic carbocycles. The average Bonchev–Trinajstić information content (AvgIpc) is 2.67. The molecule has 140 valence electrons. The van der Waals surface area contributed by atoms with Crippen LogP contribution in [0.25, 0.3) is 11.1 Å². The summed E-state index contributed by atoms with van der Waals surface area (Å²) >= 11 is 1.23. The summed E-state index contributed by atoms with van der Waals surface area (Å²) in [6.45, 7) is 0. The Hall–Kier alpha value is -2.93. The highest BCUT2D eigenvalue weighted by Gasteiger charge is 2.14. The van der Waals surface area contributed by atoms with Crippen LogP contribution < -0.4 is 16.2 Å².